The highest BCUT2D eigenvalue weighted by Gasteiger charge is 2.09. The number of nitrogens with zero attached hydrogens (tertiary/aromatic N) is 2. The van der Waals surface area contributed by atoms with Crippen molar-refractivity contribution in [2.24, 2.45) is 5.92 Å². The predicted molar refractivity (Wildman–Crippen MR) is 95.6 cm³/mol. The van der Waals surface area contributed by atoms with Gasteiger partial charge in [0.25, 0.3) is 0 Å². The molecule has 0 fully saturated rings. The molecule has 0 bridgehead atoms. The van der Waals surface area contributed by atoms with E-state index in [9.17, 15) is 0 Å². The molecule has 21 heavy (non-hydrogen) atoms. The first-order chi connectivity index (χ1) is 9.99. The zero-order chi connectivity index (χ0) is 15.4. The molecule has 0 radical (unpaired) electrons. The van der Waals surface area contributed by atoms with Crippen molar-refractivity contribution in [2.45, 2.75) is 27.2 Å². The van der Waals surface area contributed by atoms with Gasteiger partial charge < -0.3 is 5.32 Å². The Hall–Kier alpha value is -0.940. The highest BCUT2D eigenvalue weighted by Crippen LogP contribution is 2.28. The minimum absolute atomic E-state index is 0.568. The van der Waals surface area contributed by atoms with Gasteiger partial charge in [-0.1, -0.05) is 13.8 Å². The van der Waals surface area contributed by atoms with Gasteiger partial charge in [-0.25, -0.2) is 9.97 Å². The van der Waals surface area contributed by atoms with E-state index in [1.165, 1.54) is 0 Å². The zero-order valence-corrected chi connectivity index (χ0v) is 15.6. The molecule has 0 aliphatic carbocycles. The fraction of sp³-hybridized carbons (Fsp3) is 0.375. The molecule has 5 heteroatoms. The monoisotopic (exact) mass is 411 g/mol. The summed E-state index contributed by atoms with van der Waals surface area (Å²) in [5.74, 6) is 2.22. The van der Waals surface area contributed by atoms with Crippen molar-refractivity contribution >= 4 is 37.7 Å². The molecule has 1 heterocycles. The summed E-state index contributed by atoms with van der Waals surface area (Å²) in [7, 11) is 0. The highest BCUT2D eigenvalue weighted by molar-refractivity contribution is 9.13. The summed E-state index contributed by atoms with van der Waals surface area (Å²) < 4.78 is 2.03. The lowest BCUT2D eigenvalue weighted by Crippen LogP contribution is -2.06. The Bertz CT molecular complexity index is 627. The van der Waals surface area contributed by atoms with Gasteiger partial charge in [-0.15, -0.1) is 0 Å². The van der Waals surface area contributed by atoms with Crippen LogP contribution in [0.1, 0.15) is 26.5 Å². The third-order valence-electron chi connectivity index (χ3n) is 2.93. The SMILES string of the molecule is CCNc1cc(CC(C)C)nc(-c2ccc(Br)c(Br)c2)n1. The quantitative estimate of drug-likeness (QED) is 0.723. The van der Waals surface area contributed by atoms with Crippen LogP contribution in [0.25, 0.3) is 11.4 Å². The van der Waals surface area contributed by atoms with E-state index in [-0.39, 0.29) is 0 Å². The molecule has 0 aliphatic rings. The minimum atomic E-state index is 0.568. The maximum absolute atomic E-state index is 4.71. The molecule has 1 aromatic heterocycles. The topological polar surface area (TPSA) is 37.8 Å². The summed E-state index contributed by atoms with van der Waals surface area (Å²) in [6, 6.07) is 8.11. The second-order valence-corrected chi connectivity index (χ2v) is 7.03. The van der Waals surface area contributed by atoms with Crippen LogP contribution in [-0.2, 0) is 6.42 Å². The standard InChI is InChI=1S/C16H19Br2N3/c1-4-19-15-9-12(7-10(2)3)20-16(21-15)11-5-6-13(17)14(18)8-11/h5-6,8-10H,4,7H2,1-3H3,(H,19,20,21). The zero-order valence-electron chi connectivity index (χ0n) is 12.5. The van der Waals surface area contributed by atoms with Crippen LogP contribution in [0.5, 0.6) is 0 Å². The molecule has 0 amide bonds. The number of halogens is 2. The van der Waals surface area contributed by atoms with Crippen molar-refractivity contribution in [1.29, 1.82) is 0 Å². The molecule has 0 saturated carbocycles. The first-order valence-corrected chi connectivity index (χ1v) is 8.65. The summed E-state index contributed by atoms with van der Waals surface area (Å²) in [5, 5.41) is 3.29. The third kappa shape index (κ3) is 4.51. The van der Waals surface area contributed by atoms with Gasteiger partial charge in [-0.05, 0) is 69.3 Å². The van der Waals surface area contributed by atoms with E-state index in [2.05, 4.69) is 62.9 Å². The van der Waals surface area contributed by atoms with E-state index in [4.69, 9.17) is 4.98 Å². The van der Waals surface area contributed by atoms with Gasteiger partial charge in [0, 0.05) is 32.8 Å². The van der Waals surface area contributed by atoms with Crippen molar-refractivity contribution in [2.75, 3.05) is 11.9 Å². The van der Waals surface area contributed by atoms with Gasteiger partial charge in [-0.3, -0.25) is 0 Å². The van der Waals surface area contributed by atoms with Crippen LogP contribution >= 0.6 is 31.9 Å². The molecular weight excluding hydrogens is 394 g/mol. The lowest BCUT2D eigenvalue weighted by Gasteiger charge is -2.11. The van der Waals surface area contributed by atoms with E-state index < -0.39 is 0 Å². The summed E-state index contributed by atoms with van der Waals surface area (Å²) in [4.78, 5) is 9.32. The van der Waals surface area contributed by atoms with Gasteiger partial charge in [-0.2, -0.15) is 0 Å². The summed E-state index contributed by atoms with van der Waals surface area (Å²) in [5.41, 5.74) is 2.08. The largest absolute Gasteiger partial charge is 0.370 e. The van der Waals surface area contributed by atoms with E-state index in [1.54, 1.807) is 0 Å². The van der Waals surface area contributed by atoms with Crippen molar-refractivity contribution in [3.05, 3.63) is 38.9 Å². The normalized spacial score (nSPS) is 11.0. The fourth-order valence-electron chi connectivity index (χ4n) is 2.06. The van der Waals surface area contributed by atoms with Gasteiger partial charge in [0.15, 0.2) is 5.82 Å². The average Bonchev–Trinajstić information content (AvgIpc) is 2.41. The van der Waals surface area contributed by atoms with Crippen LogP contribution in [-0.4, -0.2) is 16.5 Å². The van der Waals surface area contributed by atoms with Crippen LogP contribution in [0.3, 0.4) is 0 Å². The highest BCUT2D eigenvalue weighted by atomic mass is 79.9. The lowest BCUT2D eigenvalue weighted by molar-refractivity contribution is 0.635. The van der Waals surface area contributed by atoms with Gasteiger partial charge in [0.2, 0.25) is 0 Å². The second-order valence-electron chi connectivity index (χ2n) is 5.33. The van der Waals surface area contributed by atoms with E-state index >= 15 is 0 Å². The molecule has 0 aliphatic heterocycles. The number of hydrogen-bond donors (Lipinski definition) is 1. The molecule has 0 unspecified atom stereocenters. The smallest absolute Gasteiger partial charge is 0.161 e. The molecule has 112 valence electrons. The first kappa shape index (κ1) is 16.4. The molecule has 2 aromatic rings. The molecule has 3 nitrogen and oxygen atoms in total. The molecular formula is C16H19Br2N3. The molecule has 1 N–H and O–H groups in total. The third-order valence-corrected chi connectivity index (χ3v) is 4.81. The van der Waals surface area contributed by atoms with E-state index in [0.29, 0.717) is 5.92 Å². The average molecular weight is 413 g/mol. The molecule has 0 atom stereocenters. The Labute approximate surface area is 142 Å². The van der Waals surface area contributed by atoms with Crippen molar-refractivity contribution < 1.29 is 0 Å². The van der Waals surface area contributed by atoms with Crippen LogP contribution < -0.4 is 5.32 Å². The van der Waals surface area contributed by atoms with Crippen LogP contribution in [0.2, 0.25) is 0 Å². The number of nitrogens with one attached hydrogen (secondary N) is 1. The Balaban J connectivity index is 2.45. The van der Waals surface area contributed by atoms with Crippen molar-refractivity contribution in [3.63, 3.8) is 0 Å². The molecule has 0 spiro atoms. The number of aromatic nitrogens is 2. The summed E-state index contributed by atoms with van der Waals surface area (Å²) in [6.45, 7) is 7.32. The van der Waals surface area contributed by atoms with Gasteiger partial charge >= 0.3 is 0 Å². The number of rotatable bonds is 5. The molecule has 1 aromatic carbocycles. The Morgan fingerprint density at radius 2 is 1.86 bits per heavy atom. The van der Waals surface area contributed by atoms with Gasteiger partial charge in [0.1, 0.15) is 5.82 Å². The second kappa shape index (κ2) is 7.36. The van der Waals surface area contributed by atoms with Crippen LogP contribution in [0, 0.1) is 5.92 Å². The van der Waals surface area contributed by atoms with Gasteiger partial charge in [0.05, 0.1) is 0 Å². The summed E-state index contributed by atoms with van der Waals surface area (Å²) in [6.07, 6.45) is 0.950. The van der Waals surface area contributed by atoms with Crippen LogP contribution in [0.15, 0.2) is 33.2 Å². The predicted octanol–water partition coefficient (Wildman–Crippen LogP) is 5.30. The number of hydrogen-bond acceptors (Lipinski definition) is 3. The number of anilines is 1. The van der Waals surface area contributed by atoms with Crippen molar-refractivity contribution in [1.82, 2.24) is 9.97 Å². The summed E-state index contributed by atoms with van der Waals surface area (Å²) >= 11 is 7.02. The van der Waals surface area contributed by atoms with E-state index in [1.807, 2.05) is 24.3 Å². The minimum Gasteiger partial charge on any atom is -0.370 e. The molecule has 2 rings (SSSR count). The Morgan fingerprint density at radius 3 is 2.48 bits per heavy atom. The van der Waals surface area contributed by atoms with E-state index in [0.717, 1.165) is 44.8 Å². The van der Waals surface area contributed by atoms with Crippen molar-refractivity contribution in [3.8, 4) is 11.4 Å². The maximum Gasteiger partial charge on any atom is 0.161 e. The molecule has 0 saturated heterocycles. The Morgan fingerprint density at radius 1 is 1.10 bits per heavy atom. The van der Waals surface area contributed by atoms with Crippen LogP contribution in [0.4, 0.5) is 5.82 Å². The lowest BCUT2D eigenvalue weighted by atomic mass is 10.1. The Kier molecular flexibility index (Phi) is 5.76. The fourth-order valence-corrected chi connectivity index (χ4v) is 2.68. The maximum atomic E-state index is 4.71. The first-order valence-electron chi connectivity index (χ1n) is 7.06. The number of benzene rings is 1.